The maximum absolute atomic E-state index is 12.3. The van der Waals surface area contributed by atoms with Crippen molar-refractivity contribution < 1.29 is 104 Å². The van der Waals surface area contributed by atoms with Crippen molar-refractivity contribution in [1.29, 1.82) is 0 Å². The van der Waals surface area contributed by atoms with E-state index in [1.165, 1.54) is 36.4 Å². The van der Waals surface area contributed by atoms with Gasteiger partial charge in [0.05, 0.1) is 24.9 Å². The van der Waals surface area contributed by atoms with E-state index in [1.807, 2.05) is 0 Å². The van der Waals surface area contributed by atoms with Crippen molar-refractivity contribution in [3.05, 3.63) is 82.5 Å². The fourth-order valence-corrected chi connectivity index (χ4v) is 6.94. The van der Waals surface area contributed by atoms with Gasteiger partial charge in [-0.1, -0.05) is 12.1 Å². The lowest BCUT2D eigenvalue weighted by atomic mass is 9.97. The molecule has 13 N–H and O–H groups in total. The molecule has 3 saturated heterocycles. The second-order valence-corrected chi connectivity index (χ2v) is 14.9. The zero-order valence-corrected chi connectivity index (χ0v) is 32.6. The fourth-order valence-electron chi connectivity index (χ4n) is 6.94. The lowest BCUT2D eigenvalue weighted by molar-refractivity contribution is -0.353. The SMILES string of the molecule is O=c1cc2oc(-c3ccc(O)c(O)c3)c(O[C@@H]3O[C@H](CO[C@@H]4O[C@H](COC(=[OH+])C=Cc5ccc(O)cc5)[C@@H](O)[C@H](O)[C@H]4O)[C@H](O)[C@H](O)[C@H]3O[C@@H]3OC[C@@H](O)[C@H](O)[C@H]3O)cc-2c(O)c1. The molecular weight excluding hydrogens is 844 g/mol. The third-order valence-electron chi connectivity index (χ3n) is 10.5. The number of hydrogen-bond acceptors (Lipinski definition) is 21. The molecule has 1 aliphatic carbocycles. The minimum absolute atomic E-state index is 0.0302. The van der Waals surface area contributed by atoms with Crippen molar-refractivity contribution in [3.8, 4) is 51.4 Å². The molecule has 0 unspecified atom stereocenters. The quantitative estimate of drug-likeness (QED) is 0.0315. The highest BCUT2D eigenvalue weighted by Crippen LogP contribution is 2.43. The van der Waals surface area contributed by atoms with Crippen LogP contribution in [0.5, 0.6) is 28.7 Å². The van der Waals surface area contributed by atoms with Crippen LogP contribution >= 0.6 is 0 Å². The number of hydrogen-bond donors (Lipinski definition) is 12. The molecule has 63 heavy (non-hydrogen) atoms. The first-order valence-corrected chi connectivity index (χ1v) is 19.3. The molecule has 3 fully saturated rings. The van der Waals surface area contributed by atoms with Crippen molar-refractivity contribution in [2.75, 3.05) is 19.8 Å². The zero-order chi connectivity index (χ0) is 45.3. The Labute approximate surface area is 355 Å². The highest BCUT2D eigenvalue weighted by molar-refractivity contribution is 5.88. The molecule has 0 spiro atoms. The van der Waals surface area contributed by atoms with Crippen LogP contribution in [0, 0.1) is 0 Å². The number of ether oxygens (including phenoxy) is 7. The number of fused-ring (bicyclic) bond motifs is 1. The normalized spacial score (nSPS) is 32.4. The van der Waals surface area contributed by atoms with Crippen molar-refractivity contribution in [2.24, 2.45) is 0 Å². The van der Waals surface area contributed by atoms with Gasteiger partial charge in [0.15, 0.2) is 47.1 Å². The molecule has 2 aromatic carbocycles. The Kier molecular flexibility index (Phi) is 13.8. The number of benzene rings is 3. The smallest absolute Gasteiger partial charge is 0.508 e. The predicted octanol–water partition coefficient (Wildman–Crippen LogP) is -2.06. The minimum atomic E-state index is -2.02. The van der Waals surface area contributed by atoms with Gasteiger partial charge in [0.2, 0.25) is 12.9 Å². The highest BCUT2D eigenvalue weighted by Gasteiger charge is 2.52. The summed E-state index contributed by atoms with van der Waals surface area (Å²) >= 11 is 0. The average Bonchev–Trinajstić information content (AvgIpc) is 3.25. The van der Waals surface area contributed by atoms with Gasteiger partial charge in [-0.2, -0.15) is 0 Å². The second-order valence-electron chi connectivity index (χ2n) is 14.9. The van der Waals surface area contributed by atoms with E-state index in [0.29, 0.717) is 5.56 Å². The number of aliphatic hydroxyl groups excluding tert-OH is 8. The summed E-state index contributed by atoms with van der Waals surface area (Å²) in [6.07, 6.45) is -22.4. The van der Waals surface area contributed by atoms with Gasteiger partial charge in [-0.25, -0.2) is 0 Å². The molecule has 22 nitrogen and oxygen atoms in total. The molecule has 0 amide bonds. The number of esters is 1. The Hall–Kier alpha value is -5.44. The average molecular weight is 890 g/mol. The number of aromatic hydroxyl groups is 4. The van der Waals surface area contributed by atoms with Gasteiger partial charge >= 0.3 is 5.97 Å². The summed E-state index contributed by atoms with van der Waals surface area (Å²) in [7, 11) is 0. The topological polar surface area (TPSA) is 359 Å². The molecule has 0 aromatic heterocycles. The number of aliphatic hydroxyl groups is 8. The van der Waals surface area contributed by atoms with Gasteiger partial charge in [0.25, 0.3) is 0 Å². The summed E-state index contributed by atoms with van der Waals surface area (Å²) in [6.45, 7) is -1.85. The largest absolute Gasteiger partial charge is 0.510 e. The van der Waals surface area contributed by atoms with Gasteiger partial charge in [-0.05, 0) is 48.0 Å². The Morgan fingerprint density at radius 1 is 0.698 bits per heavy atom. The molecule has 5 aliphatic rings. The summed E-state index contributed by atoms with van der Waals surface area (Å²) in [5.41, 5.74) is -0.0799. The van der Waals surface area contributed by atoms with Crippen LogP contribution in [0.3, 0.4) is 0 Å². The number of rotatable bonds is 12. The molecule has 0 saturated carbocycles. The summed E-state index contributed by atoms with van der Waals surface area (Å²) in [5.74, 6) is -2.97. The van der Waals surface area contributed by atoms with Crippen molar-refractivity contribution in [3.63, 3.8) is 0 Å². The number of carbonyl (C=O) groups excluding carboxylic acids is 1. The summed E-state index contributed by atoms with van der Waals surface area (Å²) in [6, 6.07) is 12.6. The number of phenolic OH excluding ortho intramolecular Hbond substituents is 4. The minimum Gasteiger partial charge on any atom is -0.508 e. The van der Waals surface area contributed by atoms with Gasteiger partial charge in [0, 0.05) is 17.7 Å². The predicted molar refractivity (Wildman–Crippen MR) is 209 cm³/mol. The van der Waals surface area contributed by atoms with Gasteiger partial charge < -0.3 is 104 Å². The zero-order valence-electron chi connectivity index (χ0n) is 32.6. The lowest BCUT2D eigenvalue weighted by Gasteiger charge is -2.45. The summed E-state index contributed by atoms with van der Waals surface area (Å²) in [4.78, 5) is 22.5. The monoisotopic (exact) mass is 889 g/mol. The highest BCUT2D eigenvalue weighted by atomic mass is 16.8. The van der Waals surface area contributed by atoms with E-state index in [1.54, 1.807) is 12.1 Å². The van der Waals surface area contributed by atoms with Gasteiger partial charge in [0.1, 0.15) is 78.3 Å². The molecule has 4 heterocycles. The maximum atomic E-state index is 12.3. The van der Waals surface area contributed by atoms with E-state index in [0.717, 1.165) is 24.3 Å². The lowest BCUT2D eigenvalue weighted by Crippen LogP contribution is -2.64. The fraction of sp³-hybridized carbons (Fsp3) is 0.415. The first-order chi connectivity index (χ1) is 30.0. The maximum Gasteiger partial charge on any atom is 0.510 e. The standard InChI is InChI=1S/C41H44O22/c42-18-5-1-16(2-6-18)3-8-29(48)56-14-27-31(50)33(52)36(55)39(61-27)58-15-28-32(51)34(53)38(63-40-35(54)30(49)24(47)13-57-40)41(62-28)60-26-12-20-22(45)10-19(43)11-25(20)59-37(26)17-4-7-21(44)23(46)9-17/h1-12,24,27-28,30-36,38-42,44-47,49-55H,13-15H2/p+1/t24-,27-,28-,30+,31-,32+,33+,34+,35-,36-,38-,39-,40+,41-/m1/s1. The first kappa shape index (κ1) is 45.6. The van der Waals surface area contributed by atoms with E-state index in [2.05, 4.69) is 0 Å². The third-order valence-corrected chi connectivity index (χ3v) is 10.5. The van der Waals surface area contributed by atoms with E-state index in [-0.39, 0.29) is 34.1 Å². The van der Waals surface area contributed by atoms with Gasteiger partial charge in [-0.15, -0.1) is 0 Å². The molecular formula is C41H45O22+. The molecule has 0 bridgehead atoms. The van der Waals surface area contributed by atoms with Crippen LogP contribution in [-0.4, -0.2) is 178 Å². The molecule has 22 heteroatoms. The Morgan fingerprint density at radius 2 is 1.38 bits per heavy atom. The third kappa shape index (κ3) is 10.0. The second kappa shape index (κ2) is 19.1. The Morgan fingerprint density at radius 3 is 2.11 bits per heavy atom. The molecule has 0 radical (unpaired) electrons. The summed E-state index contributed by atoms with van der Waals surface area (Å²) in [5, 5.41) is 126. The van der Waals surface area contributed by atoms with Crippen molar-refractivity contribution in [1.82, 2.24) is 0 Å². The van der Waals surface area contributed by atoms with Gasteiger partial charge in [-0.3, -0.25) is 4.79 Å². The van der Waals surface area contributed by atoms with Crippen LogP contribution in [0.2, 0.25) is 0 Å². The molecule has 4 aliphatic heterocycles. The first-order valence-electron chi connectivity index (χ1n) is 19.3. The van der Waals surface area contributed by atoms with Crippen molar-refractivity contribution in [2.45, 2.75) is 86.0 Å². The van der Waals surface area contributed by atoms with Crippen LogP contribution in [0.4, 0.5) is 0 Å². The molecule has 14 atom stereocenters. The molecule has 340 valence electrons. The van der Waals surface area contributed by atoms with Crippen LogP contribution in [0.25, 0.3) is 28.7 Å². The molecule has 2 aromatic rings. The van der Waals surface area contributed by atoms with E-state index in [9.17, 15) is 70.9 Å². The Bertz CT molecular complexity index is 2260. The van der Waals surface area contributed by atoms with E-state index >= 15 is 0 Å². The van der Waals surface area contributed by atoms with Crippen molar-refractivity contribution >= 4 is 12.0 Å². The van der Waals surface area contributed by atoms with E-state index in [4.69, 9.17) is 37.6 Å². The summed E-state index contributed by atoms with van der Waals surface area (Å²) < 4.78 is 46.0. The van der Waals surface area contributed by atoms with Crippen LogP contribution in [0.1, 0.15) is 5.56 Å². The Balaban J connectivity index is 1.13. The van der Waals surface area contributed by atoms with E-state index < -0.39 is 134 Å². The van der Waals surface area contributed by atoms with Crippen LogP contribution in [0.15, 0.2) is 76.0 Å². The van der Waals surface area contributed by atoms with Crippen LogP contribution < -0.4 is 10.2 Å². The van der Waals surface area contributed by atoms with Crippen LogP contribution in [-0.2, 0) is 28.4 Å². The number of phenols is 4. The molecule has 7 rings (SSSR count).